The van der Waals surface area contributed by atoms with Crippen molar-refractivity contribution in [2.45, 2.75) is 90.1 Å². The van der Waals surface area contributed by atoms with E-state index in [0.717, 1.165) is 25.7 Å². The summed E-state index contributed by atoms with van der Waals surface area (Å²) in [7, 11) is 0. The number of hydrogen-bond donors (Lipinski definition) is 2. The van der Waals surface area contributed by atoms with E-state index in [0.29, 0.717) is 6.42 Å². The zero-order valence-corrected chi connectivity index (χ0v) is 13.0. The van der Waals surface area contributed by atoms with Crippen molar-refractivity contribution in [3.63, 3.8) is 0 Å². The van der Waals surface area contributed by atoms with Crippen molar-refractivity contribution in [1.29, 1.82) is 0 Å². The molecule has 0 spiro atoms. The van der Waals surface area contributed by atoms with Gasteiger partial charge in [-0.2, -0.15) is 0 Å². The third-order valence-electron chi connectivity index (χ3n) is 3.52. The molecule has 0 bridgehead atoms. The zero-order valence-electron chi connectivity index (χ0n) is 13.0. The second-order valence-electron chi connectivity index (χ2n) is 5.52. The average molecular weight is 284 g/mol. The molecule has 0 heterocycles. The Balaban J connectivity index is 3.18. The van der Waals surface area contributed by atoms with E-state index in [2.05, 4.69) is 19.1 Å². The highest BCUT2D eigenvalue weighted by atomic mass is 16.4. The molecule has 0 aromatic heterocycles. The number of carboxylic acid groups (broad SMARTS) is 1. The van der Waals surface area contributed by atoms with E-state index >= 15 is 0 Å². The molecule has 0 amide bonds. The summed E-state index contributed by atoms with van der Waals surface area (Å²) in [5.41, 5.74) is 0. The summed E-state index contributed by atoms with van der Waals surface area (Å²) < 4.78 is 0. The summed E-state index contributed by atoms with van der Waals surface area (Å²) in [6, 6.07) is 0. The quantitative estimate of drug-likeness (QED) is 0.359. The minimum atomic E-state index is -1.18. The number of aliphatic hydroxyl groups excluding tert-OH is 1. The summed E-state index contributed by atoms with van der Waals surface area (Å²) in [6.45, 7) is 2.24. The first-order valence-corrected chi connectivity index (χ1v) is 8.24. The van der Waals surface area contributed by atoms with Gasteiger partial charge in [0.05, 0.1) is 0 Å². The molecule has 1 atom stereocenters. The number of aliphatic hydroxyl groups is 1. The molecule has 0 saturated heterocycles. The van der Waals surface area contributed by atoms with Crippen LogP contribution < -0.4 is 0 Å². The van der Waals surface area contributed by atoms with Crippen LogP contribution in [0.2, 0.25) is 0 Å². The maximum absolute atomic E-state index is 10.4. The van der Waals surface area contributed by atoms with Gasteiger partial charge in [-0.05, 0) is 32.1 Å². The Labute approximate surface area is 124 Å². The van der Waals surface area contributed by atoms with Crippen molar-refractivity contribution in [2.75, 3.05) is 0 Å². The Morgan fingerprint density at radius 3 is 1.95 bits per heavy atom. The standard InChI is InChI=1S/C17H32O3/c1-2-3-4-5-6-7-8-9-10-11-12-13-14-15-16(18)17(19)20/h9-10,16,18H,2-8,11-15H2,1H3,(H,19,20)/b10-9-. The Morgan fingerprint density at radius 2 is 1.40 bits per heavy atom. The van der Waals surface area contributed by atoms with Crippen molar-refractivity contribution < 1.29 is 15.0 Å². The lowest BCUT2D eigenvalue weighted by Crippen LogP contribution is -2.18. The smallest absolute Gasteiger partial charge is 0.332 e. The number of aliphatic carboxylic acids is 1. The van der Waals surface area contributed by atoms with Gasteiger partial charge in [0, 0.05) is 0 Å². The van der Waals surface area contributed by atoms with Crippen LogP contribution in [0, 0.1) is 0 Å². The van der Waals surface area contributed by atoms with Gasteiger partial charge in [-0.1, -0.05) is 64.0 Å². The first-order valence-electron chi connectivity index (χ1n) is 8.24. The lowest BCUT2D eigenvalue weighted by molar-refractivity contribution is -0.146. The molecule has 0 aromatic rings. The third kappa shape index (κ3) is 13.6. The van der Waals surface area contributed by atoms with E-state index in [-0.39, 0.29) is 0 Å². The molecule has 1 unspecified atom stereocenters. The van der Waals surface area contributed by atoms with E-state index in [9.17, 15) is 4.79 Å². The normalized spacial score (nSPS) is 12.9. The Morgan fingerprint density at radius 1 is 0.900 bits per heavy atom. The van der Waals surface area contributed by atoms with Gasteiger partial charge in [0.15, 0.2) is 6.10 Å². The molecule has 3 nitrogen and oxygen atoms in total. The second-order valence-corrected chi connectivity index (χ2v) is 5.52. The Hall–Kier alpha value is -0.830. The number of rotatable bonds is 14. The molecule has 118 valence electrons. The first kappa shape index (κ1) is 19.2. The summed E-state index contributed by atoms with van der Waals surface area (Å²) >= 11 is 0. The largest absolute Gasteiger partial charge is 0.479 e. The molecule has 0 fully saturated rings. The van der Waals surface area contributed by atoms with Crippen LogP contribution in [0.1, 0.15) is 84.0 Å². The number of allylic oxidation sites excluding steroid dienone is 2. The minimum absolute atomic E-state index is 0.372. The number of unbranched alkanes of at least 4 members (excludes halogenated alkanes) is 9. The third-order valence-corrected chi connectivity index (χ3v) is 3.52. The van der Waals surface area contributed by atoms with Crippen LogP contribution in [0.15, 0.2) is 12.2 Å². The van der Waals surface area contributed by atoms with Crippen molar-refractivity contribution in [3.05, 3.63) is 12.2 Å². The van der Waals surface area contributed by atoms with Crippen molar-refractivity contribution in [3.8, 4) is 0 Å². The molecule has 0 aliphatic heterocycles. The van der Waals surface area contributed by atoms with Gasteiger partial charge in [0.25, 0.3) is 0 Å². The van der Waals surface area contributed by atoms with E-state index < -0.39 is 12.1 Å². The van der Waals surface area contributed by atoms with Crippen LogP contribution >= 0.6 is 0 Å². The molecule has 3 heteroatoms. The molecule has 2 N–H and O–H groups in total. The fourth-order valence-electron chi connectivity index (χ4n) is 2.18. The van der Waals surface area contributed by atoms with E-state index in [4.69, 9.17) is 10.2 Å². The number of carboxylic acids is 1. The predicted octanol–water partition coefficient (Wildman–Crippen LogP) is 4.69. The van der Waals surface area contributed by atoms with Crippen LogP contribution in [0.5, 0.6) is 0 Å². The van der Waals surface area contributed by atoms with Gasteiger partial charge in [0.1, 0.15) is 0 Å². The highest BCUT2D eigenvalue weighted by Gasteiger charge is 2.11. The first-order chi connectivity index (χ1) is 9.68. The van der Waals surface area contributed by atoms with Gasteiger partial charge in [-0.15, -0.1) is 0 Å². The van der Waals surface area contributed by atoms with Crippen LogP contribution in [0.4, 0.5) is 0 Å². The fourth-order valence-corrected chi connectivity index (χ4v) is 2.18. The van der Waals surface area contributed by atoms with Crippen molar-refractivity contribution in [2.24, 2.45) is 0 Å². The van der Waals surface area contributed by atoms with Crippen LogP contribution in [-0.4, -0.2) is 22.3 Å². The van der Waals surface area contributed by atoms with Crippen LogP contribution in [0.25, 0.3) is 0 Å². The van der Waals surface area contributed by atoms with Gasteiger partial charge < -0.3 is 10.2 Å². The highest BCUT2D eigenvalue weighted by molar-refractivity contribution is 5.71. The lowest BCUT2D eigenvalue weighted by atomic mass is 10.1. The van der Waals surface area contributed by atoms with Gasteiger partial charge in [-0.25, -0.2) is 4.79 Å². The second kappa shape index (κ2) is 14.6. The Bertz CT molecular complexity index is 249. The molecular weight excluding hydrogens is 252 g/mol. The van der Waals surface area contributed by atoms with Gasteiger partial charge in [-0.3, -0.25) is 0 Å². The monoisotopic (exact) mass is 284 g/mol. The minimum Gasteiger partial charge on any atom is -0.479 e. The topological polar surface area (TPSA) is 57.5 Å². The maximum atomic E-state index is 10.4. The molecular formula is C17H32O3. The fraction of sp³-hybridized carbons (Fsp3) is 0.824. The SMILES string of the molecule is CCCCCCCC/C=C\CCCCCC(O)C(=O)O. The lowest BCUT2D eigenvalue weighted by Gasteiger charge is -2.03. The molecule has 0 rings (SSSR count). The molecule has 0 radical (unpaired) electrons. The van der Waals surface area contributed by atoms with E-state index in [1.165, 1.54) is 44.9 Å². The molecule has 20 heavy (non-hydrogen) atoms. The van der Waals surface area contributed by atoms with Crippen LogP contribution in [0.3, 0.4) is 0 Å². The summed E-state index contributed by atoms with van der Waals surface area (Å²) in [5.74, 6) is -1.11. The van der Waals surface area contributed by atoms with E-state index in [1.807, 2.05) is 0 Å². The Kier molecular flexibility index (Phi) is 14.0. The van der Waals surface area contributed by atoms with Crippen molar-refractivity contribution in [1.82, 2.24) is 0 Å². The summed E-state index contributed by atoms with van der Waals surface area (Å²) in [6.07, 6.45) is 16.9. The predicted molar refractivity (Wildman–Crippen MR) is 83.9 cm³/mol. The molecule has 0 aliphatic rings. The molecule has 0 aromatic carbocycles. The average Bonchev–Trinajstić information content (AvgIpc) is 2.43. The van der Waals surface area contributed by atoms with Crippen LogP contribution in [-0.2, 0) is 4.79 Å². The van der Waals surface area contributed by atoms with E-state index in [1.54, 1.807) is 0 Å². The molecule has 0 saturated carbocycles. The molecule has 0 aliphatic carbocycles. The summed E-state index contributed by atoms with van der Waals surface area (Å²) in [4.78, 5) is 10.4. The highest BCUT2D eigenvalue weighted by Crippen LogP contribution is 2.09. The van der Waals surface area contributed by atoms with Gasteiger partial charge in [0.2, 0.25) is 0 Å². The van der Waals surface area contributed by atoms with Crippen molar-refractivity contribution >= 4 is 5.97 Å². The number of carbonyl (C=O) groups is 1. The summed E-state index contributed by atoms with van der Waals surface area (Å²) in [5, 5.41) is 17.6. The maximum Gasteiger partial charge on any atom is 0.332 e. The number of hydrogen-bond acceptors (Lipinski definition) is 2. The zero-order chi connectivity index (χ0) is 15.1. The van der Waals surface area contributed by atoms with Gasteiger partial charge >= 0.3 is 5.97 Å².